The number of rotatable bonds is 3. The van der Waals surface area contributed by atoms with Gasteiger partial charge < -0.3 is 14.2 Å². The van der Waals surface area contributed by atoms with Crippen LogP contribution in [0.5, 0.6) is 0 Å². The van der Waals surface area contributed by atoms with E-state index in [-0.39, 0.29) is 40.9 Å². The fraction of sp³-hybridized carbons (Fsp3) is 0.808. The average Bonchev–Trinajstić information content (AvgIpc) is 2.98. The highest BCUT2D eigenvalue weighted by molar-refractivity contribution is 5.68. The van der Waals surface area contributed by atoms with E-state index in [1.54, 1.807) is 6.26 Å². The normalized spacial score (nSPS) is 44.1. The zero-order valence-electron chi connectivity index (χ0n) is 20.1. The van der Waals surface area contributed by atoms with Gasteiger partial charge in [-0.2, -0.15) is 0 Å². The zero-order chi connectivity index (χ0) is 23.3. The molecule has 0 amide bonds. The van der Waals surface area contributed by atoms with Crippen LogP contribution in [0, 0.1) is 34.5 Å². The number of hydrogen-bond donors (Lipinski definition) is 0. The summed E-state index contributed by atoms with van der Waals surface area (Å²) in [5.74, 6) is 1.39. The molecule has 0 aromatic heterocycles. The molecule has 4 aliphatic rings. The summed E-state index contributed by atoms with van der Waals surface area (Å²) in [6.07, 6.45) is 9.58. The molecule has 0 aliphatic heterocycles. The van der Waals surface area contributed by atoms with Crippen LogP contribution in [0.1, 0.15) is 86.0 Å². The molecule has 6 nitrogen and oxygen atoms in total. The van der Waals surface area contributed by atoms with Crippen molar-refractivity contribution in [1.82, 2.24) is 0 Å². The number of ether oxygens (including phenoxy) is 3. The second-order valence-corrected chi connectivity index (χ2v) is 11.2. The third-order valence-electron chi connectivity index (χ3n) is 9.44. The van der Waals surface area contributed by atoms with Gasteiger partial charge in [0, 0.05) is 31.8 Å². The molecule has 4 aliphatic carbocycles. The summed E-state index contributed by atoms with van der Waals surface area (Å²) >= 11 is 0. The molecular formula is C26H38O6. The molecule has 0 unspecified atom stereocenters. The Morgan fingerprint density at radius 3 is 2.19 bits per heavy atom. The molecule has 0 bridgehead atoms. The van der Waals surface area contributed by atoms with Gasteiger partial charge in [0.05, 0.1) is 6.26 Å². The molecule has 32 heavy (non-hydrogen) atoms. The second-order valence-electron chi connectivity index (χ2n) is 11.2. The highest BCUT2D eigenvalue weighted by Gasteiger charge is 2.62. The number of hydrogen-bond acceptors (Lipinski definition) is 6. The number of carbonyl (C=O) groups is 3. The smallest absolute Gasteiger partial charge is 0.307 e. The van der Waals surface area contributed by atoms with Gasteiger partial charge in [-0.15, -0.1) is 0 Å². The van der Waals surface area contributed by atoms with Crippen LogP contribution in [0.25, 0.3) is 0 Å². The summed E-state index contributed by atoms with van der Waals surface area (Å²) in [6, 6.07) is 0. The molecule has 4 fully saturated rings. The predicted octanol–water partition coefficient (Wildman–Crippen LogP) is 4.95. The lowest BCUT2D eigenvalue weighted by Gasteiger charge is -2.60. The van der Waals surface area contributed by atoms with Gasteiger partial charge in [-0.25, -0.2) is 0 Å². The topological polar surface area (TPSA) is 78.9 Å². The molecule has 0 N–H and O–H groups in total. The second kappa shape index (κ2) is 8.49. The van der Waals surface area contributed by atoms with Gasteiger partial charge in [-0.05, 0) is 80.5 Å². The van der Waals surface area contributed by atoms with Crippen molar-refractivity contribution in [2.45, 2.75) is 98.2 Å². The molecule has 0 aromatic carbocycles. The molecule has 178 valence electrons. The first-order chi connectivity index (χ1) is 15.0. The average molecular weight is 447 g/mol. The Kier molecular flexibility index (Phi) is 6.19. The summed E-state index contributed by atoms with van der Waals surface area (Å²) in [6.45, 7) is 9.09. The number of carbonyl (C=O) groups excluding carboxylic acids is 3. The van der Waals surface area contributed by atoms with Crippen LogP contribution in [0.2, 0.25) is 0 Å². The first kappa shape index (κ1) is 23.3. The van der Waals surface area contributed by atoms with Gasteiger partial charge in [0.2, 0.25) is 0 Å². The van der Waals surface area contributed by atoms with Crippen LogP contribution < -0.4 is 0 Å². The van der Waals surface area contributed by atoms with Crippen LogP contribution in [0.15, 0.2) is 11.8 Å². The van der Waals surface area contributed by atoms with Crippen molar-refractivity contribution < 1.29 is 28.6 Å². The van der Waals surface area contributed by atoms with Crippen molar-refractivity contribution in [3.05, 3.63) is 11.8 Å². The standard InChI is InChI=1S/C26H38O6/c1-15(27)30-14-18-12-23-21-7-6-19-13-20(31-16(2)28)8-10-25(19,4)22(21)9-11-26(23,5)24(18)32-17(3)29/h14,19-24H,6-13H2,1-5H3/b18-14-/t19-,20-,21+,22-,23-,24-,25-,26-/m0/s1. The summed E-state index contributed by atoms with van der Waals surface area (Å²) in [5, 5.41) is 0. The lowest BCUT2D eigenvalue weighted by molar-refractivity contribution is -0.166. The van der Waals surface area contributed by atoms with E-state index < -0.39 is 0 Å². The van der Waals surface area contributed by atoms with Crippen molar-refractivity contribution >= 4 is 17.9 Å². The van der Waals surface area contributed by atoms with Crippen LogP contribution in [-0.2, 0) is 28.6 Å². The Labute approximate surface area is 191 Å². The lowest BCUT2D eigenvalue weighted by atomic mass is 9.45. The number of esters is 3. The third kappa shape index (κ3) is 3.99. The molecule has 0 radical (unpaired) electrons. The molecular weight excluding hydrogens is 408 g/mol. The Morgan fingerprint density at radius 1 is 0.844 bits per heavy atom. The SMILES string of the molecule is CC(=O)O/C=C1/C[C@H]2[C@@H]3CC[C@H]4C[C@@H](OC(C)=O)CC[C@]4(C)[C@H]3CC[C@]2(C)[C@H]1OC(C)=O. The van der Waals surface area contributed by atoms with Gasteiger partial charge in [0.1, 0.15) is 12.2 Å². The zero-order valence-corrected chi connectivity index (χ0v) is 20.1. The molecule has 8 atom stereocenters. The summed E-state index contributed by atoms with van der Waals surface area (Å²) < 4.78 is 16.7. The molecule has 4 rings (SSSR count). The van der Waals surface area contributed by atoms with E-state index in [0.29, 0.717) is 23.7 Å². The molecule has 4 saturated carbocycles. The van der Waals surface area contributed by atoms with Gasteiger partial charge in [-0.1, -0.05) is 13.8 Å². The summed E-state index contributed by atoms with van der Waals surface area (Å²) in [4.78, 5) is 34.9. The number of fused-ring (bicyclic) bond motifs is 5. The summed E-state index contributed by atoms with van der Waals surface area (Å²) in [7, 11) is 0. The van der Waals surface area contributed by atoms with Gasteiger partial charge >= 0.3 is 17.9 Å². The molecule has 0 heterocycles. The molecule has 0 spiro atoms. The molecule has 6 heteroatoms. The minimum absolute atomic E-state index is 0.0640. The minimum Gasteiger partial charge on any atom is -0.463 e. The highest BCUT2D eigenvalue weighted by atomic mass is 16.6. The van der Waals surface area contributed by atoms with Crippen molar-refractivity contribution in [2.75, 3.05) is 0 Å². The van der Waals surface area contributed by atoms with E-state index in [1.165, 1.54) is 20.8 Å². The molecule has 0 aromatic rings. The third-order valence-corrected chi connectivity index (χ3v) is 9.44. The van der Waals surface area contributed by atoms with Crippen molar-refractivity contribution in [3.63, 3.8) is 0 Å². The lowest BCUT2D eigenvalue weighted by Crippen LogP contribution is -2.54. The maximum atomic E-state index is 11.9. The Morgan fingerprint density at radius 2 is 1.53 bits per heavy atom. The van der Waals surface area contributed by atoms with E-state index in [9.17, 15) is 14.4 Å². The van der Waals surface area contributed by atoms with Crippen molar-refractivity contribution in [2.24, 2.45) is 34.5 Å². The maximum Gasteiger partial charge on any atom is 0.307 e. The summed E-state index contributed by atoms with van der Waals surface area (Å²) in [5.41, 5.74) is 1.08. The molecule has 0 saturated heterocycles. The Balaban J connectivity index is 1.58. The van der Waals surface area contributed by atoms with E-state index >= 15 is 0 Å². The van der Waals surface area contributed by atoms with Crippen LogP contribution in [0.4, 0.5) is 0 Å². The fourth-order valence-electron chi connectivity index (χ4n) is 8.05. The maximum absolute atomic E-state index is 11.9. The first-order valence-electron chi connectivity index (χ1n) is 12.2. The Bertz CT molecular complexity index is 817. The van der Waals surface area contributed by atoms with Crippen LogP contribution in [0.3, 0.4) is 0 Å². The first-order valence-corrected chi connectivity index (χ1v) is 12.2. The van der Waals surface area contributed by atoms with Crippen LogP contribution in [-0.4, -0.2) is 30.1 Å². The predicted molar refractivity (Wildman–Crippen MR) is 118 cm³/mol. The van der Waals surface area contributed by atoms with E-state index in [0.717, 1.165) is 56.9 Å². The minimum atomic E-state index is -0.352. The van der Waals surface area contributed by atoms with E-state index in [2.05, 4.69) is 13.8 Å². The van der Waals surface area contributed by atoms with Crippen molar-refractivity contribution in [3.8, 4) is 0 Å². The van der Waals surface area contributed by atoms with E-state index in [1.807, 2.05) is 0 Å². The van der Waals surface area contributed by atoms with Crippen LogP contribution >= 0.6 is 0 Å². The largest absolute Gasteiger partial charge is 0.463 e. The quantitative estimate of drug-likeness (QED) is 0.347. The van der Waals surface area contributed by atoms with E-state index in [4.69, 9.17) is 14.2 Å². The van der Waals surface area contributed by atoms with Crippen molar-refractivity contribution in [1.29, 1.82) is 0 Å². The van der Waals surface area contributed by atoms with Gasteiger partial charge in [0.15, 0.2) is 0 Å². The van der Waals surface area contributed by atoms with Gasteiger partial charge in [0.25, 0.3) is 0 Å². The Hall–Kier alpha value is -1.85. The van der Waals surface area contributed by atoms with Gasteiger partial charge in [-0.3, -0.25) is 14.4 Å². The highest BCUT2D eigenvalue weighted by Crippen LogP contribution is 2.67. The fourth-order valence-corrected chi connectivity index (χ4v) is 8.05. The monoisotopic (exact) mass is 446 g/mol.